The SMILES string of the molecule is Cn1nc([C@@H]2CCCN2S(=O)(=O)Cc2ccccc2F)n(Cc2ccccc2)c1=O. The van der Waals surface area contributed by atoms with Gasteiger partial charge in [0.2, 0.25) is 10.0 Å². The van der Waals surface area contributed by atoms with Gasteiger partial charge in [-0.15, -0.1) is 0 Å². The summed E-state index contributed by atoms with van der Waals surface area (Å²) in [5, 5.41) is 4.36. The number of benzene rings is 2. The second-order valence-electron chi connectivity index (χ2n) is 7.45. The smallest absolute Gasteiger partial charge is 0.273 e. The third-order valence-corrected chi connectivity index (χ3v) is 7.20. The molecule has 0 aliphatic carbocycles. The standard InChI is InChI=1S/C21H23FN4O3S/c1-24-21(27)25(14-16-8-3-2-4-9-16)20(23-24)19-12-7-13-26(19)30(28,29)15-17-10-5-6-11-18(17)22/h2-6,8-11,19H,7,12-15H2,1H3/t19-/m0/s1. The van der Waals surface area contributed by atoms with E-state index in [0.29, 0.717) is 31.8 Å². The van der Waals surface area contributed by atoms with Gasteiger partial charge in [-0.2, -0.15) is 9.40 Å². The van der Waals surface area contributed by atoms with Crippen molar-refractivity contribution in [1.82, 2.24) is 18.7 Å². The third-order valence-electron chi connectivity index (χ3n) is 5.38. The molecule has 1 aliphatic rings. The van der Waals surface area contributed by atoms with E-state index in [1.165, 1.54) is 31.8 Å². The van der Waals surface area contributed by atoms with Gasteiger partial charge in [-0.3, -0.25) is 4.57 Å². The molecule has 0 unspecified atom stereocenters. The molecule has 0 spiro atoms. The van der Waals surface area contributed by atoms with E-state index >= 15 is 0 Å². The van der Waals surface area contributed by atoms with Gasteiger partial charge in [-0.1, -0.05) is 48.5 Å². The molecule has 0 saturated carbocycles. The summed E-state index contributed by atoms with van der Waals surface area (Å²) in [6.07, 6.45) is 1.21. The third kappa shape index (κ3) is 3.95. The van der Waals surface area contributed by atoms with Gasteiger partial charge in [0.1, 0.15) is 5.82 Å². The molecule has 1 aromatic heterocycles. The summed E-state index contributed by atoms with van der Waals surface area (Å²) in [6, 6.07) is 14.8. The number of rotatable bonds is 6. The lowest BCUT2D eigenvalue weighted by atomic mass is 10.2. The van der Waals surface area contributed by atoms with Gasteiger partial charge in [0.15, 0.2) is 5.82 Å². The van der Waals surface area contributed by atoms with Gasteiger partial charge in [0.25, 0.3) is 0 Å². The van der Waals surface area contributed by atoms with Crippen LogP contribution in [0.5, 0.6) is 0 Å². The van der Waals surface area contributed by atoms with Crippen LogP contribution >= 0.6 is 0 Å². The molecule has 30 heavy (non-hydrogen) atoms. The molecule has 0 bridgehead atoms. The van der Waals surface area contributed by atoms with Gasteiger partial charge >= 0.3 is 5.69 Å². The molecule has 4 rings (SSSR count). The number of aromatic nitrogens is 3. The topological polar surface area (TPSA) is 77.2 Å². The summed E-state index contributed by atoms with van der Waals surface area (Å²) in [6.45, 7) is 0.623. The van der Waals surface area contributed by atoms with E-state index < -0.39 is 27.6 Å². The zero-order chi connectivity index (χ0) is 21.3. The summed E-state index contributed by atoms with van der Waals surface area (Å²) in [5.41, 5.74) is 0.755. The highest BCUT2D eigenvalue weighted by Gasteiger charge is 2.38. The van der Waals surface area contributed by atoms with Crippen LogP contribution in [0.4, 0.5) is 4.39 Å². The van der Waals surface area contributed by atoms with E-state index in [1.54, 1.807) is 13.1 Å². The molecule has 2 aromatic carbocycles. The Morgan fingerprint density at radius 3 is 2.53 bits per heavy atom. The van der Waals surface area contributed by atoms with Crippen LogP contribution in [0.2, 0.25) is 0 Å². The van der Waals surface area contributed by atoms with Gasteiger partial charge < -0.3 is 0 Å². The van der Waals surface area contributed by atoms with Crippen LogP contribution < -0.4 is 5.69 Å². The molecule has 7 nitrogen and oxygen atoms in total. The van der Waals surface area contributed by atoms with Gasteiger partial charge in [0.05, 0.1) is 18.3 Å². The molecule has 3 aromatic rings. The molecule has 0 N–H and O–H groups in total. The largest absolute Gasteiger partial charge is 0.346 e. The number of hydrogen-bond donors (Lipinski definition) is 0. The summed E-state index contributed by atoms with van der Waals surface area (Å²) in [7, 11) is -2.24. The van der Waals surface area contributed by atoms with Crippen molar-refractivity contribution in [2.45, 2.75) is 31.2 Å². The molecular weight excluding hydrogens is 407 g/mol. The first-order chi connectivity index (χ1) is 14.4. The first-order valence-electron chi connectivity index (χ1n) is 9.77. The summed E-state index contributed by atoms with van der Waals surface area (Å²) >= 11 is 0. The predicted octanol–water partition coefficient (Wildman–Crippen LogP) is 2.44. The number of sulfonamides is 1. The molecule has 0 amide bonds. The van der Waals surface area contributed by atoms with Crippen LogP contribution in [0, 0.1) is 5.82 Å². The molecule has 1 fully saturated rings. The molecule has 1 saturated heterocycles. The fourth-order valence-electron chi connectivity index (χ4n) is 3.91. The van der Waals surface area contributed by atoms with E-state index in [1.807, 2.05) is 30.3 Å². The molecule has 9 heteroatoms. The van der Waals surface area contributed by atoms with E-state index in [2.05, 4.69) is 5.10 Å². The van der Waals surface area contributed by atoms with Crippen LogP contribution in [0.1, 0.15) is 35.8 Å². The highest BCUT2D eigenvalue weighted by atomic mass is 32.2. The molecule has 1 atom stereocenters. The number of nitrogens with zero attached hydrogens (tertiary/aromatic N) is 4. The van der Waals surface area contributed by atoms with E-state index in [9.17, 15) is 17.6 Å². The Bertz CT molecular complexity index is 1200. The average Bonchev–Trinajstić information content (AvgIpc) is 3.32. The second kappa shape index (κ2) is 8.16. The number of halogens is 1. The summed E-state index contributed by atoms with van der Waals surface area (Å²) in [5.74, 6) is -0.553. The fraction of sp³-hybridized carbons (Fsp3) is 0.333. The maximum atomic E-state index is 14.0. The number of aryl methyl sites for hydroxylation is 1. The molecule has 1 aliphatic heterocycles. The van der Waals surface area contributed by atoms with Crippen molar-refractivity contribution in [1.29, 1.82) is 0 Å². The lowest BCUT2D eigenvalue weighted by Gasteiger charge is -2.24. The number of hydrogen-bond acceptors (Lipinski definition) is 4. The predicted molar refractivity (Wildman–Crippen MR) is 111 cm³/mol. The molecule has 158 valence electrons. The van der Waals surface area contributed by atoms with Crippen LogP contribution in [0.3, 0.4) is 0 Å². The van der Waals surface area contributed by atoms with Crippen molar-refractivity contribution in [3.63, 3.8) is 0 Å². The van der Waals surface area contributed by atoms with Crippen molar-refractivity contribution in [3.8, 4) is 0 Å². The quantitative estimate of drug-likeness (QED) is 0.602. The van der Waals surface area contributed by atoms with Crippen molar-refractivity contribution >= 4 is 10.0 Å². The minimum absolute atomic E-state index is 0.130. The summed E-state index contributed by atoms with van der Waals surface area (Å²) in [4.78, 5) is 12.7. The van der Waals surface area contributed by atoms with Crippen molar-refractivity contribution in [3.05, 3.63) is 87.9 Å². The zero-order valence-corrected chi connectivity index (χ0v) is 17.4. The second-order valence-corrected chi connectivity index (χ2v) is 9.37. The van der Waals surface area contributed by atoms with Crippen molar-refractivity contribution < 1.29 is 12.8 Å². The Morgan fingerprint density at radius 1 is 1.10 bits per heavy atom. The lowest BCUT2D eigenvalue weighted by Crippen LogP contribution is -2.34. The Labute approximate surface area is 174 Å². The maximum absolute atomic E-state index is 14.0. The summed E-state index contributed by atoms with van der Waals surface area (Å²) < 4.78 is 44.4. The molecule has 2 heterocycles. The lowest BCUT2D eigenvalue weighted by molar-refractivity contribution is 0.372. The highest BCUT2D eigenvalue weighted by molar-refractivity contribution is 7.88. The first-order valence-corrected chi connectivity index (χ1v) is 11.4. The maximum Gasteiger partial charge on any atom is 0.346 e. The first kappa shape index (κ1) is 20.5. The minimum atomic E-state index is -3.80. The Hall–Kier alpha value is -2.78. The van der Waals surface area contributed by atoms with Crippen LogP contribution in [-0.4, -0.2) is 33.6 Å². The van der Waals surface area contributed by atoms with Crippen LogP contribution in [0.15, 0.2) is 59.4 Å². The van der Waals surface area contributed by atoms with Crippen LogP contribution in [-0.2, 0) is 29.4 Å². The Morgan fingerprint density at radius 2 is 1.80 bits per heavy atom. The monoisotopic (exact) mass is 430 g/mol. The zero-order valence-electron chi connectivity index (χ0n) is 16.6. The minimum Gasteiger partial charge on any atom is -0.273 e. The molecular formula is C21H23FN4O3S. The van der Waals surface area contributed by atoms with E-state index in [0.717, 1.165) is 5.56 Å². The van der Waals surface area contributed by atoms with Gasteiger partial charge in [0, 0.05) is 19.2 Å². The van der Waals surface area contributed by atoms with Crippen molar-refractivity contribution in [2.75, 3.05) is 6.54 Å². The molecule has 0 radical (unpaired) electrons. The Balaban J connectivity index is 1.68. The van der Waals surface area contributed by atoms with Gasteiger partial charge in [-0.25, -0.2) is 22.3 Å². The highest BCUT2D eigenvalue weighted by Crippen LogP contribution is 2.34. The van der Waals surface area contributed by atoms with E-state index in [-0.39, 0.29) is 11.3 Å². The van der Waals surface area contributed by atoms with E-state index in [4.69, 9.17) is 0 Å². The van der Waals surface area contributed by atoms with Crippen molar-refractivity contribution in [2.24, 2.45) is 7.05 Å². The Kier molecular flexibility index (Phi) is 5.57. The normalized spacial score (nSPS) is 17.5. The fourth-order valence-corrected chi connectivity index (χ4v) is 5.70. The average molecular weight is 431 g/mol. The van der Waals surface area contributed by atoms with Crippen LogP contribution in [0.25, 0.3) is 0 Å². The van der Waals surface area contributed by atoms with Gasteiger partial charge in [-0.05, 0) is 24.5 Å².